The number of nitrogen functional groups attached to an aromatic ring is 1. The molecular weight excluding hydrogens is 248 g/mol. The minimum Gasteiger partial charge on any atom is -0.465 e. The molecule has 0 saturated heterocycles. The normalized spacial score (nSPS) is 9.86. The first-order valence-corrected chi connectivity index (χ1v) is 4.78. The van der Waals surface area contributed by atoms with Crippen LogP contribution < -0.4 is 5.73 Å². The van der Waals surface area contributed by atoms with E-state index in [9.17, 15) is 4.79 Å². The van der Waals surface area contributed by atoms with Gasteiger partial charge in [0.05, 0.1) is 0 Å². The zero-order valence-corrected chi connectivity index (χ0v) is 9.28. The van der Waals surface area contributed by atoms with Gasteiger partial charge in [-0.25, -0.2) is 4.79 Å². The lowest BCUT2D eigenvalue weighted by molar-refractivity contribution is 0.153. The van der Waals surface area contributed by atoms with Gasteiger partial charge in [0.25, 0.3) is 0 Å². The van der Waals surface area contributed by atoms with Crippen molar-refractivity contribution in [2.24, 2.45) is 0 Å². The Hall–Kier alpha value is -1.23. The van der Waals surface area contributed by atoms with Crippen molar-refractivity contribution in [1.82, 2.24) is 4.90 Å². The van der Waals surface area contributed by atoms with Crippen molar-refractivity contribution in [3.63, 3.8) is 0 Å². The molecule has 1 amide bonds. The van der Waals surface area contributed by atoms with Crippen LogP contribution in [0.2, 0.25) is 0 Å². The molecule has 1 aromatic carbocycles. The summed E-state index contributed by atoms with van der Waals surface area (Å²) in [6.45, 7) is 0.320. The van der Waals surface area contributed by atoms with Gasteiger partial charge in [-0.1, -0.05) is 15.9 Å². The molecule has 0 radical (unpaired) electrons. The molecule has 5 heteroatoms. The van der Waals surface area contributed by atoms with Gasteiger partial charge in [0.15, 0.2) is 0 Å². The molecule has 0 aliphatic heterocycles. The maximum atomic E-state index is 10.6. The van der Waals surface area contributed by atoms with Gasteiger partial charge in [0.2, 0.25) is 0 Å². The molecule has 0 unspecified atom stereocenters. The number of benzene rings is 1. The Bertz CT molecular complexity index is 355. The van der Waals surface area contributed by atoms with E-state index in [-0.39, 0.29) is 0 Å². The van der Waals surface area contributed by atoms with E-state index in [1.165, 1.54) is 11.9 Å². The number of rotatable bonds is 2. The fourth-order valence-electron chi connectivity index (χ4n) is 1.04. The molecule has 4 nitrogen and oxygen atoms in total. The second-order valence-electron chi connectivity index (χ2n) is 2.99. The predicted octanol–water partition coefficient (Wildman–Crippen LogP) is 2.14. The smallest absolute Gasteiger partial charge is 0.407 e. The summed E-state index contributed by atoms with van der Waals surface area (Å²) in [5, 5.41) is 8.68. The van der Waals surface area contributed by atoms with Gasteiger partial charge in [0.1, 0.15) is 0 Å². The SMILES string of the molecule is CN(Cc1cc(N)ccc1Br)C(=O)O. The van der Waals surface area contributed by atoms with Crippen LogP contribution in [0.25, 0.3) is 0 Å². The molecular formula is C9H11BrN2O2. The van der Waals surface area contributed by atoms with Gasteiger partial charge in [-0.2, -0.15) is 0 Å². The van der Waals surface area contributed by atoms with E-state index in [1.54, 1.807) is 18.2 Å². The number of hydrogen-bond donors (Lipinski definition) is 2. The summed E-state index contributed by atoms with van der Waals surface area (Å²) in [7, 11) is 1.51. The highest BCUT2D eigenvalue weighted by Gasteiger charge is 2.08. The molecule has 0 atom stereocenters. The van der Waals surface area contributed by atoms with Crippen molar-refractivity contribution in [2.75, 3.05) is 12.8 Å². The van der Waals surface area contributed by atoms with E-state index in [1.807, 2.05) is 0 Å². The second-order valence-corrected chi connectivity index (χ2v) is 3.84. The summed E-state index contributed by atoms with van der Waals surface area (Å²) in [6.07, 6.45) is -0.959. The fraction of sp³-hybridized carbons (Fsp3) is 0.222. The topological polar surface area (TPSA) is 66.6 Å². The van der Waals surface area contributed by atoms with Crippen molar-refractivity contribution in [2.45, 2.75) is 6.54 Å². The molecule has 1 rings (SSSR count). The number of carboxylic acid groups (broad SMARTS) is 1. The van der Waals surface area contributed by atoms with Crippen LogP contribution in [0.5, 0.6) is 0 Å². The second kappa shape index (κ2) is 4.32. The molecule has 0 spiro atoms. The highest BCUT2D eigenvalue weighted by Crippen LogP contribution is 2.20. The quantitative estimate of drug-likeness (QED) is 0.799. The Morgan fingerprint density at radius 2 is 2.29 bits per heavy atom. The van der Waals surface area contributed by atoms with E-state index < -0.39 is 6.09 Å². The van der Waals surface area contributed by atoms with Gasteiger partial charge in [-0.05, 0) is 23.8 Å². The first-order valence-electron chi connectivity index (χ1n) is 3.98. The molecule has 1 aromatic rings. The van der Waals surface area contributed by atoms with Gasteiger partial charge >= 0.3 is 6.09 Å². The number of halogens is 1. The molecule has 3 N–H and O–H groups in total. The van der Waals surface area contributed by atoms with Crippen molar-refractivity contribution >= 4 is 27.7 Å². The Kier molecular flexibility index (Phi) is 3.35. The van der Waals surface area contributed by atoms with Gasteiger partial charge in [-0.3, -0.25) is 0 Å². The summed E-state index contributed by atoms with van der Waals surface area (Å²) in [5.74, 6) is 0. The van der Waals surface area contributed by atoms with Crippen molar-refractivity contribution in [3.05, 3.63) is 28.2 Å². The van der Waals surface area contributed by atoms with Gasteiger partial charge in [0, 0.05) is 23.8 Å². The first-order chi connectivity index (χ1) is 6.50. The van der Waals surface area contributed by atoms with Crippen molar-refractivity contribution in [1.29, 1.82) is 0 Å². The van der Waals surface area contributed by atoms with E-state index >= 15 is 0 Å². The lowest BCUT2D eigenvalue weighted by Gasteiger charge is -2.14. The van der Waals surface area contributed by atoms with Crippen molar-refractivity contribution < 1.29 is 9.90 Å². The average molecular weight is 259 g/mol. The fourth-order valence-corrected chi connectivity index (χ4v) is 1.41. The monoisotopic (exact) mass is 258 g/mol. The average Bonchev–Trinajstić information content (AvgIpc) is 2.11. The highest BCUT2D eigenvalue weighted by molar-refractivity contribution is 9.10. The Labute approximate surface area is 90.4 Å². The van der Waals surface area contributed by atoms with E-state index in [0.717, 1.165) is 10.0 Å². The van der Waals surface area contributed by atoms with Gasteiger partial charge < -0.3 is 15.7 Å². The first kappa shape index (κ1) is 10.8. The van der Waals surface area contributed by atoms with Crippen LogP contribution in [0.3, 0.4) is 0 Å². The maximum absolute atomic E-state index is 10.6. The third kappa shape index (κ3) is 2.63. The van der Waals surface area contributed by atoms with Crippen LogP contribution in [-0.2, 0) is 6.54 Å². The highest BCUT2D eigenvalue weighted by atomic mass is 79.9. The molecule has 76 valence electrons. The summed E-state index contributed by atoms with van der Waals surface area (Å²) < 4.78 is 0.861. The number of nitrogens with two attached hydrogens (primary N) is 1. The molecule has 0 aliphatic carbocycles. The van der Waals surface area contributed by atoms with Crippen LogP contribution in [0.15, 0.2) is 22.7 Å². The van der Waals surface area contributed by atoms with E-state index in [0.29, 0.717) is 12.2 Å². The maximum Gasteiger partial charge on any atom is 0.407 e. The number of amides is 1. The summed E-state index contributed by atoms with van der Waals surface area (Å²) in [6, 6.07) is 5.32. The third-order valence-electron chi connectivity index (χ3n) is 1.80. The number of anilines is 1. The van der Waals surface area contributed by atoms with Crippen LogP contribution in [0.4, 0.5) is 10.5 Å². The minimum atomic E-state index is -0.959. The Morgan fingerprint density at radius 1 is 1.64 bits per heavy atom. The summed E-state index contributed by atoms with van der Waals surface area (Å²) >= 11 is 3.33. The molecule has 0 heterocycles. The van der Waals surface area contributed by atoms with Gasteiger partial charge in [-0.15, -0.1) is 0 Å². The van der Waals surface area contributed by atoms with E-state index in [4.69, 9.17) is 10.8 Å². The van der Waals surface area contributed by atoms with Crippen LogP contribution in [-0.4, -0.2) is 23.1 Å². The third-order valence-corrected chi connectivity index (χ3v) is 2.58. The molecule has 0 fully saturated rings. The summed E-state index contributed by atoms with van der Waals surface area (Å²) in [4.78, 5) is 11.8. The molecule has 0 aromatic heterocycles. The molecule has 0 aliphatic rings. The molecule has 0 bridgehead atoms. The number of hydrogen-bond acceptors (Lipinski definition) is 2. The summed E-state index contributed by atoms with van der Waals surface area (Å²) in [5.41, 5.74) is 7.08. The Morgan fingerprint density at radius 3 is 2.86 bits per heavy atom. The lowest BCUT2D eigenvalue weighted by Crippen LogP contribution is -2.24. The van der Waals surface area contributed by atoms with E-state index in [2.05, 4.69) is 15.9 Å². The molecule has 0 saturated carbocycles. The zero-order valence-electron chi connectivity index (χ0n) is 7.70. The van der Waals surface area contributed by atoms with Crippen molar-refractivity contribution in [3.8, 4) is 0 Å². The minimum absolute atomic E-state index is 0.320. The lowest BCUT2D eigenvalue weighted by atomic mass is 10.2. The Balaban J connectivity index is 2.85. The van der Waals surface area contributed by atoms with Crippen LogP contribution >= 0.6 is 15.9 Å². The standard InChI is InChI=1S/C9H11BrN2O2/c1-12(9(13)14)5-6-4-7(11)2-3-8(6)10/h2-4H,5,11H2,1H3,(H,13,14). The molecule has 14 heavy (non-hydrogen) atoms. The number of nitrogens with zero attached hydrogens (tertiary/aromatic N) is 1. The number of carbonyl (C=O) groups is 1. The largest absolute Gasteiger partial charge is 0.465 e. The van der Waals surface area contributed by atoms with Crippen LogP contribution in [0.1, 0.15) is 5.56 Å². The zero-order chi connectivity index (χ0) is 10.7. The predicted molar refractivity (Wildman–Crippen MR) is 58.0 cm³/mol. The van der Waals surface area contributed by atoms with Crippen LogP contribution in [0, 0.1) is 0 Å².